The summed E-state index contributed by atoms with van der Waals surface area (Å²) < 4.78 is 7.22. The number of hydrogen-bond acceptors (Lipinski definition) is 6. The topological polar surface area (TPSA) is 118 Å². The van der Waals surface area contributed by atoms with Gasteiger partial charge in [0.25, 0.3) is 0 Å². The van der Waals surface area contributed by atoms with Crippen LogP contribution in [0.5, 0.6) is 0 Å². The highest BCUT2D eigenvalue weighted by Gasteiger charge is 2.34. The molecule has 1 aromatic rings. The van der Waals surface area contributed by atoms with Gasteiger partial charge in [0, 0.05) is 41.5 Å². The van der Waals surface area contributed by atoms with Crippen molar-refractivity contribution in [3.05, 3.63) is 61.8 Å². The van der Waals surface area contributed by atoms with Crippen molar-refractivity contribution in [3.63, 3.8) is 0 Å². The average Bonchev–Trinajstić information content (AvgIpc) is 2.65. The van der Waals surface area contributed by atoms with Gasteiger partial charge < -0.3 is 19.5 Å². The van der Waals surface area contributed by atoms with Gasteiger partial charge in [-0.1, -0.05) is 12.5 Å². The fourth-order valence-electron chi connectivity index (χ4n) is 3.64. The number of aromatic nitrogens is 1. The van der Waals surface area contributed by atoms with Crippen LogP contribution in [0, 0.1) is 4.91 Å². The molecule has 1 amide bonds. The minimum atomic E-state index is -1.08. The summed E-state index contributed by atoms with van der Waals surface area (Å²) in [5.41, 5.74) is 0.920. The van der Waals surface area contributed by atoms with Gasteiger partial charge in [-0.2, -0.15) is 0 Å². The van der Waals surface area contributed by atoms with Crippen LogP contribution in [0.1, 0.15) is 54.2 Å². The second kappa shape index (κ2) is 7.25. The molecule has 8 heteroatoms. The van der Waals surface area contributed by atoms with Gasteiger partial charge >= 0.3 is 5.91 Å². The largest absolute Gasteiger partial charge is 0.508 e. The summed E-state index contributed by atoms with van der Waals surface area (Å²) in [6.07, 6.45) is 4.86. The third-order valence-electron chi connectivity index (χ3n) is 4.91. The van der Waals surface area contributed by atoms with Crippen molar-refractivity contribution < 1.29 is 19.7 Å². The lowest BCUT2D eigenvalue weighted by Gasteiger charge is -2.37. The first-order valence-corrected chi connectivity index (χ1v) is 8.50. The van der Waals surface area contributed by atoms with Crippen molar-refractivity contribution in [1.29, 1.82) is 0 Å². The Labute approximate surface area is 149 Å². The SMILES string of the molecule is CCC1CC2=CC(OCCO)=C(O)CC2c2cc(=O)c(C(=O)N=O)cn21. The molecular formula is C18H20N2O6. The number of rotatable bonds is 5. The number of amides is 1. The number of hydrogen-bond donors (Lipinski definition) is 2. The van der Waals surface area contributed by atoms with E-state index >= 15 is 0 Å². The van der Waals surface area contributed by atoms with Crippen LogP contribution in [0.15, 0.2) is 45.4 Å². The van der Waals surface area contributed by atoms with Gasteiger partial charge in [-0.25, -0.2) is 0 Å². The van der Waals surface area contributed by atoms with Crippen LogP contribution in [0.4, 0.5) is 0 Å². The summed E-state index contributed by atoms with van der Waals surface area (Å²) in [7, 11) is 0. The molecule has 2 heterocycles. The fraction of sp³-hybridized carbons (Fsp3) is 0.444. The number of pyridine rings is 1. The maximum atomic E-state index is 12.3. The smallest absolute Gasteiger partial charge is 0.322 e. The standard InChI is InChI=1S/C18H20N2O6/c1-2-11-5-10-6-17(26-4-3-21)16(23)7-12(10)14-8-15(22)13(9-20(11)14)18(24)19-25/h6,8-9,11-12,21,23H,2-5,7H2,1H3. The summed E-state index contributed by atoms with van der Waals surface area (Å²) >= 11 is 0. The maximum Gasteiger partial charge on any atom is 0.322 e. The lowest BCUT2D eigenvalue weighted by atomic mass is 9.79. The zero-order valence-electron chi connectivity index (χ0n) is 14.3. The predicted octanol–water partition coefficient (Wildman–Crippen LogP) is 2.30. The number of aliphatic hydroxyl groups excluding tert-OH is 2. The van der Waals surface area contributed by atoms with Crippen LogP contribution in [-0.2, 0) is 4.74 Å². The predicted molar refractivity (Wildman–Crippen MR) is 92.9 cm³/mol. The molecule has 0 fully saturated rings. The number of carbonyl (C=O) groups excluding carboxylic acids is 1. The van der Waals surface area contributed by atoms with Crippen LogP contribution in [0.2, 0.25) is 0 Å². The third-order valence-corrected chi connectivity index (χ3v) is 4.91. The van der Waals surface area contributed by atoms with Crippen molar-refractivity contribution in [3.8, 4) is 0 Å². The maximum absolute atomic E-state index is 12.3. The lowest BCUT2D eigenvalue weighted by Crippen LogP contribution is -2.30. The molecule has 2 unspecified atom stereocenters. The molecule has 0 radical (unpaired) electrons. The van der Waals surface area contributed by atoms with Gasteiger partial charge in [0.2, 0.25) is 0 Å². The van der Waals surface area contributed by atoms with Gasteiger partial charge in [-0.3, -0.25) is 9.59 Å². The Morgan fingerprint density at radius 1 is 1.42 bits per heavy atom. The summed E-state index contributed by atoms with van der Waals surface area (Å²) in [4.78, 5) is 34.4. The van der Waals surface area contributed by atoms with E-state index in [0.29, 0.717) is 17.9 Å². The monoisotopic (exact) mass is 360 g/mol. The minimum absolute atomic E-state index is 0.00522. The second-order valence-electron chi connectivity index (χ2n) is 6.41. The quantitative estimate of drug-likeness (QED) is 0.778. The van der Waals surface area contributed by atoms with Crippen molar-refractivity contribution in [2.75, 3.05) is 13.2 Å². The number of ether oxygens (including phenoxy) is 1. The molecule has 26 heavy (non-hydrogen) atoms. The number of fused-ring (bicyclic) bond motifs is 3. The van der Waals surface area contributed by atoms with E-state index in [1.54, 1.807) is 6.08 Å². The fourth-order valence-corrected chi connectivity index (χ4v) is 3.64. The van der Waals surface area contributed by atoms with Crippen molar-refractivity contribution in [1.82, 2.24) is 4.57 Å². The Kier molecular flexibility index (Phi) is 5.03. The van der Waals surface area contributed by atoms with Gasteiger partial charge in [0.15, 0.2) is 11.2 Å². The van der Waals surface area contributed by atoms with Crippen molar-refractivity contribution in [2.24, 2.45) is 5.18 Å². The van der Waals surface area contributed by atoms with E-state index in [1.807, 2.05) is 11.5 Å². The molecule has 1 aliphatic carbocycles. The van der Waals surface area contributed by atoms with E-state index < -0.39 is 11.3 Å². The number of nitroso groups, excluding NO2 is 1. The van der Waals surface area contributed by atoms with Crippen LogP contribution in [0.25, 0.3) is 0 Å². The van der Waals surface area contributed by atoms with Crippen molar-refractivity contribution in [2.45, 2.75) is 38.1 Å². The number of nitrogens with zero attached hydrogens (tertiary/aromatic N) is 2. The normalized spacial score (nSPS) is 21.5. The van der Waals surface area contributed by atoms with Gasteiger partial charge in [-0.05, 0) is 18.9 Å². The molecule has 2 atom stereocenters. The minimum Gasteiger partial charge on any atom is -0.508 e. The molecule has 0 saturated heterocycles. The number of allylic oxidation sites excluding steroid dienone is 3. The highest BCUT2D eigenvalue weighted by molar-refractivity contribution is 5.94. The zero-order valence-corrected chi connectivity index (χ0v) is 14.3. The molecule has 2 N–H and O–H groups in total. The lowest BCUT2D eigenvalue weighted by molar-refractivity contribution is 0.0998. The summed E-state index contributed by atoms with van der Waals surface area (Å²) in [5.74, 6) is -0.892. The van der Waals surface area contributed by atoms with Gasteiger partial charge in [0.05, 0.1) is 6.61 Å². The number of aliphatic hydroxyl groups is 2. The van der Waals surface area contributed by atoms with Crippen LogP contribution in [0.3, 0.4) is 0 Å². The average molecular weight is 360 g/mol. The molecule has 3 rings (SSSR count). The summed E-state index contributed by atoms with van der Waals surface area (Å²) in [5, 5.41) is 21.5. The molecule has 1 aliphatic heterocycles. The van der Waals surface area contributed by atoms with E-state index in [0.717, 1.165) is 12.0 Å². The first-order valence-electron chi connectivity index (χ1n) is 8.50. The highest BCUT2D eigenvalue weighted by Crippen LogP contribution is 2.45. The Balaban J connectivity index is 2.06. The van der Waals surface area contributed by atoms with Gasteiger partial charge in [0.1, 0.15) is 17.9 Å². The molecule has 0 spiro atoms. The van der Waals surface area contributed by atoms with E-state index in [-0.39, 0.29) is 42.9 Å². The molecule has 2 aliphatic rings. The van der Waals surface area contributed by atoms with E-state index in [9.17, 15) is 19.6 Å². The Bertz CT molecular complexity index is 867. The molecule has 0 aromatic carbocycles. The Hall–Kier alpha value is -2.74. The molecule has 0 bridgehead atoms. The first kappa shape index (κ1) is 18.1. The zero-order chi connectivity index (χ0) is 18.8. The third kappa shape index (κ3) is 3.08. The van der Waals surface area contributed by atoms with E-state index in [4.69, 9.17) is 9.84 Å². The van der Waals surface area contributed by atoms with Crippen molar-refractivity contribution >= 4 is 5.91 Å². The second-order valence-corrected chi connectivity index (χ2v) is 6.41. The summed E-state index contributed by atoms with van der Waals surface area (Å²) in [6.45, 7) is 1.93. The van der Waals surface area contributed by atoms with E-state index in [1.165, 1.54) is 12.3 Å². The Morgan fingerprint density at radius 3 is 2.85 bits per heavy atom. The Morgan fingerprint density at radius 2 is 2.19 bits per heavy atom. The summed E-state index contributed by atoms with van der Waals surface area (Å²) in [6, 6.07) is 1.36. The molecular weight excluding hydrogens is 340 g/mol. The van der Waals surface area contributed by atoms with E-state index in [2.05, 4.69) is 5.18 Å². The highest BCUT2D eigenvalue weighted by atomic mass is 16.5. The molecule has 138 valence electrons. The van der Waals surface area contributed by atoms with Crippen LogP contribution < -0.4 is 5.43 Å². The number of carbonyl (C=O) groups is 1. The van der Waals surface area contributed by atoms with Gasteiger partial charge in [-0.15, -0.1) is 4.91 Å². The molecule has 1 aromatic heterocycles. The first-order chi connectivity index (χ1) is 12.5. The molecule has 0 saturated carbocycles. The van der Waals surface area contributed by atoms with Crippen LogP contribution >= 0.6 is 0 Å². The van der Waals surface area contributed by atoms with Crippen LogP contribution in [-0.4, -0.2) is 33.9 Å². The molecule has 8 nitrogen and oxygen atoms in total.